The second-order valence-electron chi connectivity index (χ2n) is 6.30. The Labute approximate surface area is 143 Å². The van der Waals surface area contributed by atoms with Gasteiger partial charge in [-0.05, 0) is 26.8 Å². The number of carbonyl (C=O) groups is 1. The first-order valence-electron chi connectivity index (χ1n) is 8.38. The molecule has 0 radical (unpaired) electrons. The maximum Gasteiger partial charge on any atom is 0.315 e. The molecule has 2 rings (SSSR count). The summed E-state index contributed by atoms with van der Waals surface area (Å²) in [5.74, 6) is 0.530. The number of morpholine rings is 1. The number of urea groups is 1. The Morgan fingerprint density at radius 1 is 1.42 bits per heavy atom. The quantitative estimate of drug-likeness (QED) is 0.821. The van der Waals surface area contributed by atoms with Crippen molar-refractivity contribution in [2.24, 2.45) is 0 Å². The molecular weight excluding hydrogens is 308 g/mol. The monoisotopic (exact) mass is 336 g/mol. The zero-order valence-corrected chi connectivity index (χ0v) is 14.9. The molecule has 1 aromatic rings. The van der Waals surface area contributed by atoms with Gasteiger partial charge >= 0.3 is 6.03 Å². The molecule has 0 saturated carbocycles. The molecule has 1 aromatic heterocycles. The van der Waals surface area contributed by atoms with E-state index >= 15 is 0 Å². The summed E-state index contributed by atoms with van der Waals surface area (Å²) in [4.78, 5) is 18.5. The van der Waals surface area contributed by atoms with E-state index in [9.17, 15) is 4.79 Å². The fraction of sp³-hybridized carbons (Fsp3) is 0.647. The van der Waals surface area contributed by atoms with Crippen LogP contribution in [0.2, 0.25) is 0 Å². The van der Waals surface area contributed by atoms with Crippen molar-refractivity contribution < 1.29 is 14.3 Å². The van der Waals surface area contributed by atoms with Gasteiger partial charge in [-0.25, -0.2) is 9.78 Å². The van der Waals surface area contributed by atoms with Gasteiger partial charge in [0.1, 0.15) is 0 Å². The first-order valence-corrected chi connectivity index (χ1v) is 8.38. The molecule has 1 saturated heterocycles. The fourth-order valence-electron chi connectivity index (χ4n) is 2.93. The van der Waals surface area contributed by atoms with E-state index in [2.05, 4.69) is 41.3 Å². The Morgan fingerprint density at radius 2 is 2.12 bits per heavy atom. The molecule has 0 unspecified atom stereocenters. The molecule has 0 aliphatic carbocycles. The predicted molar refractivity (Wildman–Crippen MR) is 92.1 cm³/mol. The number of pyridine rings is 1. The van der Waals surface area contributed by atoms with Crippen LogP contribution in [0.1, 0.15) is 26.3 Å². The van der Waals surface area contributed by atoms with Gasteiger partial charge in [-0.1, -0.05) is 6.07 Å². The van der Waals surface area contributed by atoms with Crippen LogP contribution in [0.5, 0.6) is 5.88 Å². The summed E-state index contributed by atoms with van der Waals surface area (Å²) in [5, 5.41) is 5.76. The van der Waals surface area contributed by atoms with Gasteiger partial charge in [0.2, 0.25) is 5.88 Å². The van der Waals surface area contributed by atoms with Crippen LogP contribution in [0.25, 0.3) is 0 Å². The molecule has 3 atom stereocenters. The lowest BCUT2D eigenvalue weighted by Gasteiger charge is -2.38. The van der Waals surface area contributed by atoms with Gasteiger partial charge in [-0.3, -0.25) is 4.90 Å². The average Bonchev–Trinajstić information content (AvgIpc) is 2.57. The van der Waals surface area contributed by atoms with Gasteiger partial charge in [-0.2, -0.15) is 0 Å². The topological polar surface area (TPSA) is 75.7 Å². The van der Waals surface area contributed by atoms with Crippen molar-refractivity contribution in [1.29, 1.82) is 0 Å². The van der Waals surface area contributed by atoms with E-state index in [1.54, 1.807) is 13.3 Å². The second-order valence-corrected chi connectivity index (χ2v) is 6.30. The second kappa shape index (κ2) is 8.84. The summed E-state index contributed by atoms with van der Waals surface area (Å²) in [5.41, 5.74) is 0.846. The number of hydrogen-bond acceptors (Lipinski definition) is 5. The van der Waals surface area contributed by atoms with Gasteiger partial charge in [-0.15, -0.1) is 0 Å². The van der Waals surface area contributed by atoms with Crippen molar-refractivity contribution in [2.45, 2.75) is 45.6 Å². The van der Waals surface area contributed by atoms with Crippen molar-refractivity contribution in [3.8, 4) is 5.88 Å². The van der Waals surface area contributed by atoms with Crippen LogP contribution in [0.3, 0.4) is 0 Å². The summed E-state index contributed by atoms with van der Waals surface area (Å²) >= 11 is 0. The Balaban J connectivity index is 1.74. The molecule has 0 aromatic carbocycles. The Hall–Kier alpha value is -1.86. The van der Waals surface area contributed by atoms with Crippen molar-refractivity contribution in [3.63, 3.8) is 0 Å². The lowest BCUT2D eigenvalue weighted by molar-refractivity contribution is -0.0778. The molecule has 2 heterocycles. The number of nitrogens with one attached hydrogen (secondary N) is 2. The van der Waals surface area contributed by atoms with Crippen LogP contribution >= 0.6 is 0 Å². The summed E-state index contributed by atoms with van der Waals surface area (Å²) in [6.07, 6.45) is 2.11. The number of rotatable bonds is 6. The minimum absolute atomic E-state index is 0.192. The first-order chi connectivity index (χ1) is 11.5. The van der Waals surface area contributed by atoms with E-state index in [1.807, 2.05) is 12.1 Å². The van der Waals surface area contributed by atoms with Gasteiger partial charge < -0.3 is 20.1 Å². The van der Waals surface area contributed by atoms with Gasteiger partial charge in [0, 0.05) is 44.0 Å². The molecule has 1 aliphatic rings. The fourth-order valence-corrected chi connectivity index (χ4v) is 2.93. The number of carbonyl (C=O) groups excluding carboxylic acids is 1. The van der Waals surface area contributed by atoms with Crippen LogP contribution < -0.4 is 15.4 Å². The molecule has 0 spiro atoms. The standard InChI is InChI=1S/C17H28N4O3/c1-12(21-10-13(2)24-14(3)11-21)8-19-17(22)20-9-15-6-5-7-18-16(15)23-4/h5-7,12-14H,8-11H2,1-4H3,(H2,19,20,22)/t12-,13-,14+/m1/s1. The van der Waals surface area contributed by atoms with Crippen LogP contribution in [-0.2, 0) is 11.3 Å². The summed E-state index contributed by atoms with van der Waals surface area (Å²) in [7, 11) is 1.57. The van der Waals surface area contributed by atoms with Crippen LogP contribution in [0, 0.1) is 0 Å². The molecule has 24 heavy (non-hydrogen) atoms. The Kier molecular flexibility index (Phi) is 6.81. The number of hydrogen-bond donors (Lipinski definition) is 2. The molecule has 1 fully saturated rings. The van der Waals surface area contributed by atoms with Crippen LogP contribution in [0.15, 0.2) is 18.3 Å². The molecule has 134 valence electrons. The lowest BCUT2D eigenvalue weighted by atomic mass is 10.2. The number of ether oxygens (including phenoxy) is 2. The van der Waals surface area contributed by atoms with E-state index in [1.165, 1.54) is 0 Å². The number of amides is 2. The van der Waals surface area contributed by atoms with Gasteiger partial charge in [0.15, 0.2) is 0 Å². The van der Waals surface area contributed by atoms with Crippen LogP contribution in [-0.4, -0.2) is 60.9 Å². The highest BCUT2D eigenvalue weighted by atomic mass is 16.5. The smallest absolute Gasteiger partial charge is 0.315 e. The zero-order chi connectivity index (χ0) is 17.5. The highest BCUT2D eigenvalue weighted by Gasteiger charge is 2.25. The minimum Gasteiger partial charge on any atom is -0.481 e. The van der Waals surface area contributed by atoms with Crippen LogP contribution in [0.4, 0.5) is 4.79 Å². The molecule has 7 nitrogen and oxygen atoms in total. The van der Waals surface area contributed by atoms with E-state index in [4.69, 9.17) is 9.47 Å². The zero-order valence-electron chi connectivity index (χ0n) is 14.9. The first kappa shape index (κ1) is 18.5. The summed E-state index contributed by atoms with van der Waals surface area (Å²) in [6, 6.07) is 3.77. The predicted octanol–water partition coefficient (Wildman–Crippen LogP) is 1.39. The van der Waals surface area contributed by atoms with E-state index < -0.39 is 0 Å². The van der Waals surface area contributed by atoms with E-state index in [-0.39, 0.29) is 24.3 Å². The van der Waals surface area contributed by atoms with Crippen molar-refractivity contribution in [3.05, 3.63) is 23.9 Å². The molecule has 2 amide bonds. The Bertz CT molecular complexity index is 530. The SMILES string of the molecule is COc1ncccc1CNC(=O)NC[C@@H](C)N1C[C@@H](C)O[C@@H](C)C1. The molecular formula is C17H28N4O3. The minimum atomic E-state index is -0.192. The Morgan fingerprint density at radius 3 is 2.79 bits per heavy atom. The van der Waals surface area contributed by atoms with Crippen molar-refractivity contribution in [1.82, 2.24) is 20.5 Å². The third kappa shape index (κ3) is 5.35. The largest absolute Gasteiger partial charge is 0.481 e. The average molecular weight is 336 g/mol. The lowest BCUT2D eigenvalue weighted by Crippen LogP contribution is -2.52. The maximum absolute atomic E-state index is 12.0. The maximum atomic E-state index is 12.0. The highest BCUT2D eigenvalue weighted by Crippen LogP contribution is 2.14. The number of nitrogens with zero attached hydrogens (tertiary/aromatic N) is 2. The third-order valence-electron chi connectivity index (χ3n) is 4.11. The molecule has 2 N–H and O–H groups in total. The van der Waals surface area contributed by atoms with E-state index in [0.717, 1.165) is 18.7 Å². The normalized spacial score (nSPS) is 22.7. The summed E-state index contributed by atoms with van der Waals surface area (Å²) < 4.78 is 10.9. The highest BCUT2D eigenvalue weighted by molar-refractivity contribution is 5.73. The summed E-state index contributed by atoms with van der Waals surface area (Å²) in [6.45, 7) is 9.03. The van der Waals surface area contributed by atoms with Gasteiger partial charge in [0.25, 0.3) is 0 Å². The van der Waals surface area contributed by atoms with Gasteiger partial charge in [0.05, 0.1) is 19.3 Å². The molecule has 7 heteroatoms. The molecule has 1 aliphatic heterocycles. The number of aromatic nitrogens is 1. The van der Waals surface area contributed by atoms with Crippen molar-refractivity contribution >= 4 is 6.03 Å². The third-order valence-corrected chi connectivity index (χ3v) is 4.11. The molecule has 0 bridgehead atoms. The number of methoxy groups -OCH3 is 1. The van der Waals surface area contributed by atoms with E-state index in [0.29, 0.717) is 19.0 Å². The van der Waals surface area contributed by atoms with Crippen molar-refractivity contribution in [2.75, 3.05) is 26.7 Å².